The quantitative estimate of drug-likeness (QED) is 0.167. The van der Waals surface area contributed by atoms with Crippen molar-refractivity contribution in [2.45, 2.75) is 109 Å². The largest absolute Gasteiger partial charge is 0.454 e. The molecule has 1 aromatic rings. The monoisotopic (exact) mass is 384 g/mol. The molecular weight excluding hydrogens is 344 g/mol. The second-order valence-corrected chi connectivity index (χ2v) is 8.26. The molecule has 1 fully saturated rings. The van der Waals surface area contributed by atoms with Crippen LogP contribution < -0.4 is 0 Å². The van der Waals surface area contributed by atoms with Crippen LogP contribution in [0, 0.1) is 0 Å². The predicted molar refractivity (Wildman–Crippen MR) is 118 cm³/mol. The highest BCUT2D eigenvalue weighted by Crippen LogP contribution is 2.27. The van der Waals surface area contributed by atoms with E-state index in [-0.39, 0.29) is 12.1 Å². The van der Waals surface area contributed by atoms with E-state index in [0.29, 0.717) is 0 Å². The number of benzene rings is 1. The summed E-state index contributed by atoms with van der Waals surface area (Å²) in [7, 11) is 0. The number of aryl methyl sites for hydroxylation is 1. The molecule has 1 aliphatic rings. The molecule has 1 atom stereocenters. The molecule has 2 nitrogen and oxygen atoms in total. The summed E-state index contributed by atoms with van der Waals surface area (Å²) in [5.74, 6) is -0.0900. The van der Waals surface area contributed by atoms with Gasteiger partial charge >= 0.3 is 5.97 Å². The van der Waals surface area contributed by atoms with E-state index in [2.05, 4.69) is 43.3 Å². The van der Waals surface area contributed by atoms with Gasteiger partial charge in [0.25, 0.3) is 0 Å². The second-order valence-electron chi connectivity index (χ2n) is 8.26. The number of cyclic esters (lactones) is 1. The minimum absolute atomic E-state index is 0.0720. The lowest BCUT2D eigenvalue weighted by Crippen LogP contribution is -2.36. The minimum Gasteiger partial charge on any atom is -0.454 e. The zero-order chi connectivity index (χ0) is 19.9. The Kier molecular flexibility index (Phi) is 11.7. The van der Waals surface area contributed by atoms with E-state index in [9.17, 15) is 4.79 Å². The van der Waals surface area contributed by atoms with Crippen molar-refractivity contribution in [3.05, 3.63) is 47.5 Å². The van der Waals surface area contributed by atoms with Gasteiger partial charge < -0.3 is 4.74 Å². The molecule has 1 saturated heterocycles. The molecule has 0 radical (unpaired) electrons. The average Bonchev–Trinajstić information content (AvgIpc) is 2.71. The number of carbonyl (C=O) groups excluding carboxylic acids is 1. The van der Waals surface area contributed by atoms with Crippen LogP contribution in [-0.2, 0) is 16.0 Å². The second kappa shape index (κ2) is 14.4. The van der Waals surface area contributed by atoms with Gasteiger partial charge in [-0.2, -0.15) is 0 Å². The van der Waals surface area contributed by atoms with Gasteiger partial charge in [-0.25, -0.2) is 4.79 Å². The molecule has 2 heteroatoms. The minimum atomic E-state index is -0.0900. The first-order chi connectivity index (χ1) is 13.8. The Bertz CT molecular complexity index is 561. The molecule has 0 amide bonds. The Labute approximate surface area is 172 Å². The number of allylic oxidation sites excluding steroid dienone is 1. The maximum absolute atomic E-state index is 11.7. The van der Waals surface area contributed by atoms with Crippen LogP contribution in [0.15, 0.2) is 42.0 Å². The summed E-state index contributed by atoms with van der Waals surface area (Å²) in [6, 6.07) is 10.6. The lowest BCUT2D eigenvalue weighted by Gasteiger charge is -2.29. The summed E-state index contributed by atoms with van der Waals surface area (Å²) in [4.78, 5) is 11.7. The van der Waals surface area contributed by atoms with Gasteiger partial charge in [0.05, 0.1) is 5.57 Å². The van der Waals surface area contributed by atoms with Crippen molar-refractivity contribution in [1.82, 2.24) is 0 Å². The van der Waals surface area contributed by atoms with Crippen LogP contribution in [-0.4, -0.2) is 12.1 Å². The molecule has 1 aromatic carbocycles. The van der Waals surface area contributed by atoms with Crippen molar-refractivity contribution in [3.8, 4) is 0 Å². The van der Waals surface area contributed by atoms with Gasteiger partial charge in [0.2, 0.25) is 0 Å². The standard InChI is InChI=1S/C26H40O2/c1-2-3-4-5-6-7-8-9-10-11-15-22-25-24(26(27)28-25)21-17-16-20-23-18-13-12-14-19-23/h12-14,18-19,21,25H,2-11,15-17,20,22H2,1H3. The van der Waals surface area contributed by atoms with E-state index < -0.39 is 0 Å². The third kappa shape index (κ3) is 9.08. The van der Waals surface area contributed by atoms with Gasteiger partial charge in [-0.3, -0.25) is 0 Å². The lowest BCUT2D eigenvalue weighted by atomic mass is 9.96. The highest BCUT2D eigenvalue weighted by molar-refractivity contribution is 5.95. The summed E-state index contributed by atoms with van der Waals surface area (Å²) in [6.45, 7) is 2.27. The Morgan fingerprint density at radius 1 is 0.821 bits per heavy atom. The number of hydrogen-bond acceptors (Lipinski definition) is 2. The SMILES string of the molecule is CCCCCCCCCCCCCC1OC(=O)C1=CCCCc1ccccc1. The first-order valence-corrected chi connectivity index (χ1v) is 11.8. The molecule has 2 rings (SSSR count). The molecule has 156 valence electrons. The van der Waals surface area contributed by atoms with Crippen molar-refractivity contribution in [2.75, 3.05) is 0 Å². The van der Waals surface area contributed by atoms with Crippen LogP contribution >= 0.6 is 0 Å². The van der Waals surface area contributed by atoms with Gasteiger partial charge in [-0.15, -0.1) is 0 Å². The summed E-state index contributed by atoms with van der Waals surface area (Å²) < 4.78 is 5.35. The van der Waals surface area contributed by atoms with Crippen LogP contribution in [0.2, 0.25) is 0 Å². The van der Waals surface area contributed by atoms with Crippen molar-refractivity contribution in [1.29, 1.82) is 0 Å². The van der Waals surface area contributed by atoms with E-state index in [1.807, 2.05) is 0 Å². The molecule has 1 heterocycles. The maximum Gasteiger partial charge on any atom is 0.338 e. The molecule has 1 aliphatic heterocycles. The number of ether oxygens (including phenoxy) is 1. The van der Waals surface area contributed by atoms with Crippen molar-refractivity contribution in [2.24, 2.45) is 0 Å². The van der Waals surface area contributed by atoms with Gasteiger partial charge in [0.15, 0.2) is 0 Å². The number of carbonyl (C=O) groups is 1. The summed E-state index contributed by atoms with van der Waals surface area (Å²) in [5, 5.41) is 0. The van der Waals surface area contributed by atoms with Crippen molar-refractivity contribution in [3.63, 3.8) is 0 Å². The number of unbranched alkanes of at least 4 members (excludes halogenated alkanes) is 11. The van der Waals surface area contributed by atoms with E-state index >= 15 is 0 Å². The topological polar surface area (TPSA) is 26.3 Å². The highest BCUT2D eigenvalue weighted by atomic mass is 16.6. The van der Waals surface area contributed by atoms with Crippen LogP contribution in [0.1, 0.15) is 102 Å². The third-order valence-electron chi connectivity index (χ3n) is 5.78. The molecule has 0 aromatic heterocycles. The molecule has 0 N–H and O–H groups in total. The first-order valence-electron chi connectivity index (χ1n) is 11.8. The number of hydrogen-bond donors (Lipinski definition) is 0. The third-order valence-corrected chi connectivity index (χ3v) is 5.78. The van der Waals surface area contributed by atoms with Gasteiger partial charge in [-0.05, 0) is 37.7 Å². The normalized spacial score (nSPS) is 17.5. The molecule has 0 spiro atoms. The average molecular weight is 385 g/mol. The molecular formula is C26H40O2. The molecule has 0 bridgehead atoms. The van der Waals surface area contributed by atoms with Crippen molar-refractivity contribution >= 4 is 5.97 Å². The van der Waals surface area contributed by atoms with Crippen LogP contribution in [0.4, 0.5) is 0 Å². The Hall–Kier alpha value is -1.57. The Morgan fingerprint density at radius 3 is 2.04 bits per heavy atom. The highest BCUT2D eigenvalue weighted by Gasteiger charge is 2.34. The zero-order valence-electron chi connectivity index (χ0n) is 18.0. The van der Waals surface area contributed by atoms with Crippen LogP contribution in [0.25, 0.3) is 0 Å². The lowest BCUT2D eigenvalue weighted by molar-refractivity contribution is -0.156. The van der Waals surface area contributed by atoms with E-state index in [1.54, 1.807) is 0 Å². The van der Waals surface area contributed by atoms with E-state index in [4.69, 9.17) is 4.74 Å². The maximum atomic E-state index is 11.7. The smallest absolute Gasteiger partial charge is 0.338 e. The van der Waals surface area contributed by atoms with Crippen LogP contribution in [0.5, 0.6) is 0 Å². The summed E-state index contributed by atoms with van der Waals surface area (Å²) >= 11 is 0. The Morgan fingerprint density at radius 2 is 1.43 bits per heavy atom. The van der Waals surface area contributed by atoms with Gasteiger partial charge in [0.1, 0.15) is 6.10 Å². The van der Waals surface area contributed by atoms with Crippen molar-refractivity contribution < 1.29 is 9.53 Å². The zero-order valence-corrected chi connectivity index (χ0v) is 18.0. The van der Waals surface area contributed by atoms with Gasteiger partial charge in [0, 0.05) is 0 Å². The summed E-state index contributed by atoms with van der Waals surface area (Å²) in [5.41, 5.74) is 2.30. The van der Waals surface area contributed by atoms with E-state index in [0.717, 1.165) is 31.3 Å². The number of esters is 1. The molecule has 1 unspecified atom stereocenters. The molecule has 0 saturated carbocycles. The fourth-order valence-electron chi connectivity index (χ4n) is 3.97. The number of rotatable bonds is 16. The molecule has 0 aliphatic carbocycles. The Balaban J connectivity index is 1.46. The van der Waals surface area contributed by atoms with Crippen LogP contribution in [0.3, 0.4) is 0 Å². The first kappa shape index (κ1) is 22.7. The summed E-state index contributed by atoms with van der Waals surface area (Å²) in [6.07, 6.45) is 21.2. The van der Waals surface area contributed by atoms with E-state index in [1.165, 1.54) is 76.2 Å². The van der Waals surface area contributed by atoms with Gasteiger partial charge in [-0.1, -0.05) is 108 Å². The molecule has 28 heavy (non-hydrogen) atoms. The fraction of sp³-hybridized carbons (Fsp3) is 0.654. The predicted octanol–water partition coefficient (Wildman–Crippen LogP) is 7.56. The fourth-order valence-corrected chi connectivity index (χ4v) is 3.97.